The highest BCUT2D eigenvalue weighted by Gasteiger charge is 2.34. The number of hydrogen-bond donors (Lipinski definition) is 3. The van der Waals surface area contributed by atoms with E-state index in [9.17, 15) is 38.7 Å². The number of ether oxygens (including phenoxy) is 3. The van der Waals surface area contributed by atoms with Crippen LogP contribution in [0.3, 0.4) is 0 Å². The van der Waals surface area contributed by atoms with Gasteiger partial charge in [-0.15, -0.1) is 11.3 Å². The number of unbranched alkanes of at least 4 members (excludes halogenated alkanes) is 1. The van der Waals surface area contributed by atoms with E-state index in [1.165, 1.54) is 17.2 Å². The molecule has 2 aromatic rings. The van der Waals surface area contributed by atoms with E-state index in [1.54, 1.807) is 31.2 Å². The molecule has 62 heavy (non-hydrogen) atoms. The maximum atomic E-state index is 13.9. The summed E-state index contributed by atoms with van der Waals surface area (Å²) in [6.45, 7) is 16.6. The van der Waals surface area contributed by atoms with Crippen LogP contribution in [-0.2, 0) is 44.7 Å². The minimum absolute atomic E-state index is 0.00450. The third-order valence-corrected chi connectivity index (χ3v) is 11.1. The summed E-state index contributed by atoms with van der Waals surface area (Å²) in [6.07, 6.45) is 1.34. The Hall–Kier alpha value is -4.74. The number of likely N-dealkylation sites (N-methyl/N-ethyl adjacent to an activating group) is 1. The molecule has 16 nitrogen and oxygen atoms in total. The first-order valence-electron chi connectivity index (χ1n) is 21.5. The fourth-order valence-electron chi connectivity index (χ4n) is 6.50. The van der Waals surface area contributed by atoms with Crippen LogP contribution in [0, 0.1) is 23.7 Å². The van der Waals surface area contributed by atoms with E-state index < -0.39 is 65.8 Å². The molecule has 2 rings (SSSR count). The SMILES string of the molecule is CCCCN(C)CC(=O)CCC(=O)N(COC(=O)CC(C)C)C(CC(OC(C)=O)c1nc(C(=O)NC(Cc2ccc(OC(=O)C(N)C(C)C)cc2)C[C@H](C)C(=O)O)cs1)C(C)C. The van der Waals surface area contributed by atoms with Gasteiger partial charge < -0.3 is 35.3 Å². The second-order valence-corrected chi connectivity index (χ2v) is 18.0. The number of thiazole rings is 1. The lowest BCUT2D eigenvalue weighted by Gasteiger charge is -2.35. The summed E-state index contributed by atoms with van der Waals surface area (Å²) < 4.78 is 16.7. The third-order valence-electron chi connectivity index (χ3n) is 10.2. The van der Waals surface area contributed by atoms with Gasteiger partial charge in [0.25, 0.3) is 5.91 Å². The Morgan fingerprint density at radius 3 is 2.16 bits per heavy atom. The first-order valence-corrected chi connectivity index (χ1v) is 22.4. The molecular formula is C45H69N5O11S. The van der Waals surface area contributed by atoms with Crippen molar-refractivity contribution >= 4 is 52.8 Å². The molecule has 0 bridgehead atoms. The van der Waals surface area contributed by atoms with Gasteiger partial charge in [0.1, 0.15) is 28.3 Å². The Kier molecular flexibility index (Phi) is 23.0. The number of aromatic nitrogens is 1. The van der Waals surface area contributed by atoms with E-state index in [1.807, 2.05) is 53.5 Å². The summed E-state index contributed by atoms with van der Waals surface area (Å²) in [7, 11) is 1.86. The van der Waals surface area contributed by atoms with Crippen molar-refractivity contribution in [1.82, 2.24) is 20.1 Å². The number of ketones is 1. The highest BCUT2D eigenvalue weighted by molar-refractivity contribution is 7.09. The van der Waals surface area contributed by atoms with Gasteiger partial charge >= 0.3 is 23.9 Å². The van der Waals surface area contributed by atoms with Crippen LogP contribution in [0.2, 0.25) is 0 Å². The molecule has 17 heteroatoms. The Morgan fingerprint density at radius 1 is 0.935 bits per heavy atom. The zero-order valence-electron chi connectivity index (χ0n) is 38.1. The van der Waals surface area contributed by atoms with Crippen molar-refractivity contribution in [3.63, 3.8) is 0 Å². The molecular weight excluding hydrogens is 819 g/mol. The maximum Gasteiger partial charge on any atom is 0.328 e. The van der Waals surface area contributed by atoms with E-state index in [2.05, 4.69) is 17.2 Å². The third kappa shape index (κ3) is 19.1. The van der Waals surface area contributed by atoms with Crippen molar-refractivity contribution in [2.45, 2.75) is 138 Å². The van der Waals surface area contributed by atoms with Gasteiger partial charge in [0, 0.05) is 50.1 Å². The number of esters is 3. The van der Waals surface area contributed by atoms with Crippen LogP contribution in [0.15, 0.2) is 29.6 Å². The summed E-state index contributed by atoms with van der Waals surface area (Å²) in [5.74, 6) is -4.61. The zero-order chi connectivity index (χ0) is 46.7. The number of benzene rings is 1. The number of carbonyl (C=O) groups excluding carboxylic acids is 6. The van der Waals surface area contributed by atoms with Gasteiger partial charge in [-0.05, 0) is 68.3 Å². The first kappa shape index (κ1) is 53.4. The van der Waals surface area contributed by atoms with Crippen molar-refractivity contribution in [2.75, 3.05) is 26.9 Å². The van der Waals surface area contributed by atoms with Gasteiger partial charge in [-0.3, -0.25) is 33.7 Å². The van der Waals surface area contributed by atoms with E-state index in [0.717, 1.165) is 36.3 Å². The fraction of sp³-hybridized carbons (Fsp3) is 0.644. The Bertz CT molecular complexity index is 1780. The number of nitrogens with one attached hydrogen (secondary N) is 1. The lowest BCUT2D eigenvalue weighted by atomic mass is 9.95. The molecule has 0 aliphatic heterocycles. The van der Waals surface area contributed by atoms with E-state index in [4.69, 9.17) is 19.9 Å². The quantitative estimate of drug-likeness (QED) is 0.0510. The molecule has 5 atom stereocenters. The number of carbonyl (C=O) groups is 7. The highest BCUT2D eigenvalue weighted by atomic mass is 32.1. The van der Waals surface area contributed by atoms with E-state index in [0.29, 0.717) is 5.75 Å². The summed E-state index contributed by atoms with van der Waals surface area (Å²) >= 11 is 1.08. The molecule has 0 aliphatic carbocycles. The lowest BCUT2D eigenvalue weighted by molar-refractivity contribution is -0.159. The smallest absolute Gasteiger partial charge is 0.328 e. The monoisotopic (exact) mass is 887 g/mol. The molecule has 1 aromatic carbocycles. The number of aliphatic carboxylic acids is 1. The summed E-state index contributed by atoms with van der Waals surface area (Å²) in [6, 6.07) is 4.56. The number of rotatable bonds is 28. The van der Waals surface area contributed by atoms with Gasteiger partial charge in [-0.2, -0.15) is 0 Å². The normalized spacial score (nSPS) is 13.9. The molecule has 4 N–H and O–H groups in total. The number of nitrogens with zero attached hydrogens (tertiary/aromatic N) is 3. The van der Waals surface area contributed by atoms with Crippen LogP contribution < -0.4 is 15.8 Å². The Balaban J connectivity index is 2.35. The number of hydrogen-bond acceptors (Lipinski definition) is 14. The number of carboxylic acid groups (broad SMARTS) is 1. The van der Waals surface area contributed by atoms with Crippen LogP contribution in [-0.4, -0.2) is 106 Å². The minimum Gasteiger partial charge on any atom is -0.481 e. The maximum absolute atomic E-state index is 13.9. The van der Waals surface area contributed by atoms with Gasteiger partial charge in [0.15, 0.2) is 12.8 Å². The van der Waals surface area contributed by atoms with Gasteiger partial charge in [0.2, 0.25) is 5.91 Å². The predicted molar refractivity (Wildman–Crippen MR) is 235 cm³/mol. The highest BCUT2D eigenvalue weighted by Crippen LogP contribution is 2.31. The average Bonchev–Trinajstić information content (AvgIpc) is 3.69. The molecule has 0 spiro atoms. The molecule has 0 saturated heterocycles. The van der Waals surface area contributed by atoms with Crippen molar-refractivity contribution < 1.29 is 52.9 Å². The molecule has 1 heterocycles. The Morgan fingerprint density at radius 2 is 1.60 bits per heavy atom. The molecule has 4 unspecified atom stereocenters. The van der Waals surface area contributed by atoms with E-state index in [-0.39, 0.29) is 86.0 Å². The number of amides is 2. The second kappa shape index (κ2) is 26.7. The second-order valence-electron chi connectivity index (χ2n) is 17.1. The largest absolute Gasteiger partial charge is 0.481 e. The molecule has 0 radical (unpaired) electrons. The van der Waals surface area contributed by atoms with Gasteiger partial charge in [-0.1, -0.05) is 73.9 Å². The van der Waals surface area contributed by atoms with Crippen LogP contribution in [0.4, 0.5) is 0 Å². The van der Waals surface area contributed by atoms with Crippen LogP contribution in [0.5, 0.6) is 5.75 Å². The van der Waals surface area contributed by atoms with Crippen LogP contribution in [0.1, 0.15) is 134 Å². The van der Waals surface area contributed by atoms with Crippen molar-refractivity contribution in [3.8, 4) is 5.75 Å². The molecule has 2 amide bonds. The Labute approximate surface area is 370 Å². The standard InChI is InChI=1S/C45H69N5O11S/c1-11-12-19-49(10)24-34(52)15-18-39(53)50(26-59-40(54)20-27(2)3)37(28(4)5)23-38(60-31(9)51)43-48-36(25-62-43)42(55)47-33(21-30(8)44(56)57)22-32-13-16-35(17-14-32)61-45(58)41(46)29(6)7/h13-14,16-17,25,27-30,33,37-38,41H,11-12,15,18-24,26,46H2,1-10H3,(H,47,55)(H,56,57)/t30-,33?,37?,38?,41?/m0/s1. The summed E-state index contributed by atoms with van der Waals surface area (Å²) in [4.78, 5) is 97.7. The lowest BCUT2D eigenvalue weighted by Crippen LogP contribution is -2.46. The zero-order valence-corrected chi connectivity index (χ0v) is 39.0. The summed E-state index contributed by atoms with van der Waals surface area (Å²) in [5, 5.41) is 14.4. The molecule has 0 aliphatic rings. The van der Waals surface area contributed by atoms with Gasteiger partial charge in [0.05, 0.1) is 12.5 Å². The van der Waals surface area contributed by atoms with Gasteiger partial charge in [-0.25, -0.2) is 9.78 Å². The predicted octanol–water partition coefficient (Wildman–Crippen LogP) is 5.96. The van der Waals surface area contributed by atoms with Crippen LogP contribution in [0.25, 0.3) is 0 Å². The van der Waals surface area contributed by atoms with Crippen LogP contribution >= 0.6 is 11.3 Å². The summed E-state index contributed by atoms with van der Waals surface area (Å²) in [5.41, 5.74) is 6.66. The topological polar surface area (TPSA) is 225 Å². The van der Waals surface area contributed by atoms with Crippen molar-refractivity contribution in [2.24, 2.45) is 29.4 Å². The van der Waals surface area contributed by atoms with Crippen molar-refractivity contribution in [3.05, 3.63) is 45.9 Å². The van der Waals surface area contributed by atoms with Crippen molar-refractivity contribution in [1.29, 1.82) is 0 Å². The van der Waals surface area contributed by atoms with E-state index >= 15 is 0 Å². The fourth-order valence-corrected chi connectivity index (χ4v) is 7.34. The number of Topliss-reactive ketones (excluding diaryl/α,β-unsaturated/α-hetero) is 1. The average molecular weight is 888 g/mol. The number of nitrogens with two attached hydrogens (primary N) is 1. The molecule has 0 saturated carbocycles. The first-order chi connectivity index (χ1) is 29.1. The molecule has 346 valence electrons. The number of carboxylic acids is 1. The molecule has 1 aromatic heterocycles. The molecule has 0 fully saturated rings. The minimum atomic E-state index is -1.03.